The molecule has 2 aliphatic rings. The Hall–Kier alpha value is -1.43. The number of nitrogens with zero attached hydrogens (tertiary/aromatic N) is 2. The summed E-state index contributed by atoms with van der Waals surface area (Å²) in [6, 6.07) is 0. The number of carbonyl (C=O) groups is 2. The predicted octanol–water partition coefficient (Wildman–Crippen LogP) is 0.859. The van der Waals surface area contributed by atoms with Crippen LogP contribution in [0.5, 0.6) is 0 Å². The van der Waals surface area contributed by atoms with Crippen molar-refractivity contribution in [1.82, 2.24) is 4.98 Å². The van der Waals surface area contributed by atoms with E-state index < -0.39 is 5.91 Å². The minimum atomic E-state index is -0.403. The summed E-state index contributed by atoms with van der Waals surface area (Å²) in [5, 5.41) is 2.72. The van der Waals surface area contributed by atoms with E-state index in [4.69, 9.17) is 5.73 Å². The highest BCUT2D eigenvalue weighted by molar-refractivity contribution is 7.14. The molecular weight excluding hydrogens is 238 g/mol. The fourth-order valence-electron chi connectivity index (χ4n) is 2.05. The first-order valence-electron chi connectivity index (χ1n) is 5.70. The number of amides is 2. The van der Waals surface area contributed by atoms with Crippen LogP contribution in [0.1, 0.15) is 30.9 Å². The van der Waals surface area contributed by atoms with Gasteiger partial charge < -0.3 is 5.73 Å². The number of carbonyl (C=O) groups excluding carboxylic acids is 2. The van der Waals surface area contributed by atoms with Crippen molar-refractivity contribution in [3.8, 4) is 0 Å². The molecule has 0 aromatic carbocycles. The number of primary amides is 1. The van der Waals surface area contributed by atoms with Crippen LogP contribution in [-0.4, -0.2) is 23.3 Å². The molecule has 5 nitrogen and oxygen atoms in total. The van der Waals surface area contributed by atoms with Crippen LogP contribution >= 0.6 is 11.3 Å². The van der Waals surface area contributed by atoms with Gasteiger partial charge in [0.25, 0.3) is 0 Å². The fraction of sp³-hybridized carbons (Fsp3) is 0.545. The largest absolute Gasteiger partial charge is 0.369 e. The zero-order chi connectivity index (χ0) is 12.0. The van der Waals surface area contributed by atoms with E-state index in [2.05, 4.69) is 4.98 Å². The molecule has 1 saturated heterocycles. The molecule has 3 rings (SSSR count). The van der Waals surface area contributed by atoms with E-state index in [-0.39, 0.29) is 18.2 Å². The van der Waals surface area contributed by atoms with Crippen molar-refractivity contribution >= 4 is 28.3 Å². The van der Waals surface area contributed by atoms with Crippen LogP contribution in [0, 0.1) is 5.92 Å². The van der Waals surface area contributed by atoms with Crippen molar-refractivity contribution in [2.45, 2.75) is 25.2 Å². The third-order valence-electron chi connectivity index (χ3n) is 3.26. The monoisotopic (exact) mass is 251 g/mol. The number of hydrogen-bond acceptors (Lipinski definition) is 4. The van der Waals surface area contributed by atoms with Crippen molar-refractivity contribution in [1.29, 1.82) is 0 Å². The number of nitrogens with two attached hydrogens (primary N) is 1. The Labute approximate surface area is 103 Å². The Bertz CT molecular complexity index is 481. The SMILES string of the molecule is NC(=O)C1CC(=O)N(c2nc(C3CC3)cs2)C1. The van der Waals surface area contributed by atoms with Crippen molar-refractivity contribution in [2.75, 3.05) is 11.4 Å². The van der Waals surface area contributed by atoms with Gasteiger partial charge in [-0.25, -0.2) is 4.98 Å². The van der Waals surface area contributed by atoms with E-state index in [0.29, 0.717) is 17.6 Å². The Balaban J connectivity index is 1.78. The summed E-state index contributed by atoms with van der Waals surface area (Å²) in [5.41, 5.74) is 6.31. The summed E-state index contributed by atoms with van der Waals surface area (Å²) in [7, 11) is 0. The topological polar surface area (TPSA) is 76.3 Å². The quantitative estimate of drug-likeness (QED) is 0.865. The molecule has 6 heteroatoms. The minimum Gasteiger partial charge on any atom is -0.369 e. The van der Waals surface area contributed by atoms with Crippen molar-refractivity contribution < 1.29 is 9.59 Å². The number of hydrogen-bond donors (Lipinski definition) is 1. The predicted molar refractivity (Wildman–Crippen MR) is 63.7 cm³/mol. The average Bonchev–Trinajstić information content (AvgIpc) is 2.88. The summed E-state index contributed by atoms with van der Waals surface area (Å²) < 4.78 is 0. The first kappa shape index (κ1) is 10.7. The molecule has 2 heterocycles. The van der Waals surface area contributed by atoms with Crippen LogP contribution in [-0.2, 0) is 9.59 Å². The lowest BCUT2D eigenvalue weighted by atomic mass is 10.1. The van der Waals surface area contributed by atoms with Crippen LogP contribution in [0.4, 0.5) is 5.13 Å². The second kappa shape index (κ2) is 3.80. The van der Waals surface area contributed by atoms with Crippen molar-refractivity contribution in [3.63, 3.8) is 0 Å². The van der Waals surface area contributed by atoms with Gasteiger partial charge in [-0.05, 0) is 12.8 Å². The van der Waals surface area contributed by atoms with Crippen LogP contribution in [0.3, 0.4) is 0 Å². The van der Waals surface area contributed by atoms with Gasteiger partial charge in [0.1, 0.15) is 0 Å². The van der Waals surface area contributed by atoms with Gasteiger partial charge in [-0.1, -0.05) is 0 Å². The van der Waals surface area contributed by atoms with Gasteiger partial charge in [0.2, 0.25) is 11.8 Å². The van der Waals surface area contributed by atoms with E-state index in [9.17, 15) is 9.59 Å². The van der Waals surface area contributed by atoms with E-state index >= 15 is 0 Å². The first-order chi connectivity index (χ1) is 8.15. The summed E-state index contributed by atoms with van der Waals surface area (Å²) in [6.07, 6.45) is 2.61. The van der Waals surface area contributed by atoms with Gasteiger partial charge in [-0.15, -0.1) is 11.3 Å². The highest BCUT2D eigenvalue weighted by Gasteiger charge is 2.36. The molecule has 0 radical (unpaired) electrons. The Morgan fingerprint density at radius 1 is 1.53 bits per heavy atom. The number of aromatic nitrogens is 1. The third kappa shape index (κ3) is 1.93. The van der Waals surface area contributed by atoms with Crippen molar-refractivity contribution in [2.24, 2.45) is 11.7 Å². The molecule has 1 unspecified atom stereocenters. The Kier molecular flexibility index (Phi) is 2.39. The van der Waals surface area contributed by atoms with Crippen molar-refractivity contribution in [3.05, 3.63) is 11.1 Å². The molecule has 0 spiro atoms. The molecule has 1 atom stereocenters. The second-order valence-corrected chi connectivity index (χ2v) is 5.47. The van der Waals surface area contributed by atoms with E-state index in [1.807, 2.05) is 5.38 Å². The lowest BCUT2D eigenvalue weighted by Crippen LogP contribution is -2.28. The lowest BCUT2D eigenvalue weighted by molar-refractivity contribution is -0.123. The zero-order valence-corrected chi connectivity index (χ0v) is 10.1. The molecule has 17 heavy (non-hydrogen) atoms. The second-order valence-electron chi connectivity index (χ2n) is 4.64. The molecule has 2 amide bonds. The molecule has 1 aliphatic heterocycles. The van der Waals surface area contributed by atoms with Crippen LogP contribution < -0.4 is 10.6 Å². The van der Waals surface area contributed by atoms with Gasteiger partial charge in [-0.3, -0.25) is 14.5 Å². The van der Waals surface area contributed by atoms with E-state index in [1.165, 1.54) is 24.2 Å². The highest BCUT2D eigenvalue weighted by atomic mass is 32.1. The highest BCUT2D eigenvalue weighted by Crippen LogP contribution is 2.41. The smallest absolute Gasteiger partial charge is 0.229 e. The molecule has 2 N–H and O–H groups in total. The fourth-order valence-corrected chi connectivity index (χ4v) is 2.98. The van der Waals surface area contributed by atoms with Gasteiger partial charge in [0.15, 0.2) is 5.13 Å². The van der Waals surface area contributed by atoms with Gasteiger partial charge in [0, 0.05) is 24.3 Å². The zero-order valence-electron chi connectivity index (χ0n) is 9.26. The Morgan fingerprint density at radius 3 is 2.88 bits per heavy atom. The summed E-state index contributed by atoms with van der Waals surface area (Å²) in [4.78, 5) is 28.9. The molecule has 0 bridgehead atoms. The normalized spacial score (nSPS) is 24.4. The molecule has 2 fully saturated rings. The lowest BCUT2D eigenvalue weighted by Gasteiger charge is -2.11. The van der Waals surface area contributed by atoms with Crippen LogP contribution in [0.15, 0.2) is 5.38 Å². The van der Waals surface area contributed by atoms with Gasteiger partial charge in [0.05, 0.1) is 11.6 Å². The minimum absolute atomic E-state index is 0.0505. The number of anilines is 1. The van der Waals surface area contributed by atoms with Gasteiger partial charge >= 0.3 is 0 Å². The molecule has 1 aromatic heterocycles. The molecule has 1 aliphatic carbocycles. The Morgan fingerprint density at radius 2 is 2.29 bits per heavy atom. The molecular formula is C11H13N3O2S. The molecule has 90 valence electrons. The van der Waals surface area contributed by atoms with E-state index in [1.54, 1.807) is 4.90 Å². The third-order valence-corrected chi connectivity index (χ3v) is 4.15. The number of thiazole rings is 1. The van der Waals surface area contributed by atoms with E-state index in [0.717, 1.165) is 5.69 Å². The average molecular weight is 251 g/mol. The van der Waals surface area contributed by atoms with Crippen LogP contribution in [0.2, 0.25) is 0 Å². The molecule has 1 aromatic rings. The van der Waals surface area contributed by atoms with Gasteiger partial charge in [-0.2, -0.15) is 0 Å². The maximum absolute atomic E-state index is 11.8. The summed E-state index contributed by atoms with van der Waals surface area (Å²) >= 11 is 1.47. The number of rotatable bonds is 3. The molecule has 1 saturated carbocycles. The standard InChI is InChI=1S/C11H13N3O2S/c12-10(16)7-3-9(15)14(4-7)11-13-8(5-17-11)6-1-2-6/h5-7H,1-4H2,(H2,12,16). The summed E-state index contributed by atoms with van der Waals surface area (Å²) in [6.45, 7) is 0.381. The summed E-state index contributed by atoms with van der Waals surface area (Å²) in [5.74, 6) is -0.231. The first-order valence-corrected chi connectivity index (χ1v) is 6.58. The maximum Gasteiger partial charge on any atom is 0.229 e. The van der Waals surface area contributed by atoms with Crippen LogP contribution in [0.25, 0.3) is 0 Å². The maximum atomic E-state index is 11.8.